The number of aryl methyl sites for hydroxylation is 1. The maximum Gasteiger partial charge on any atom is 0.231 e. The average Bonchev–Trinajstić information content (AvgIpc) is 3.04. The Labute approximate surface area is 116 Å². The second kappa shape index (κ2) is 5.42. The summed E-state index contributed by atoms with van der Waals surface area (Å²) in [5.74, 6) is 2.83. The lowest BCUT2D eigenvalue weighted by molar-refractivity contribution is 0.173. The van der Waals surface area contributed by atoms with Crippen molar-refractivity contribution in [2.45, 2.75) is 20.0 Å². The summed E-state index contributed by atoms with van der Waals surface area (Å²) >= 11 is 0. The van der Waals surface area contributed by atoms with Gasteiger partial charge in [-0.3, -0.25) is 0 Å². The Morgan fingerprint density at radius 2 is 2.05 bits per heavy atom. The van der Waals surface area contributed by atoms with Gasteiger partial charge in [-0.25, -0.2) is 0 Å². The molecule has 3 rings (SSSR count). The topological polar surface area (TPSA) is 79.7 Å². The van der Waals surface area contributed by atoms with E-state index in [-0.39, 0.29) is 6.79 Å². The van der Waals surface area contributed by atoms with Gasteiger partial charge in [-0.2, -0.15) is 0 Å². The molecule has 2 heterocycles. The molecular weight excluding hydrogens is 260 g/mol. The molecule has 0 saturated carbocycles. The highest BCUT2D eigenvalue weighted by Crippen LogP contribution is 2.38. The molecule has 1 aliphatic rings. The van der Waals surface area contributed by atoms with E-state index in [2.05, 4.69) is 5.16 Å². The van der Waals surface area contributed by atoms with Gasteiger partial charge in [-0.05, 0) is 31.5 Å². The monoisotopic (exact) mass is 276 g/mol. The molecule has 0 unspecified atom stereocenters. The van der Waals surface area contributed by atoms with Gasteiger partial charge in [0.25, 0.3) is 0 Å². The molecule has 1 aromatic heterocycles. The molecule has 0 aliphatic carbocycles. The molecule has 6 heteroatoms. The SMILES string of the molecule is Cc1cc(COc2cc3c(cc2CCN)OCO3)on1. The van der Waals surface area contributed by atoms with Crippen LogP contribution in [0.5, 0.6) is 17.2 Å². The van der Waals surface area contributed by atoms with Crippen molar-refractivity contribution in [2.75, 3.05) is 13.3 Å². The van der Waals surface area contributed by atoms with E-state index in [1.807, 2.05) is 25.1 Å². The number of rotatable bonds is 5. The lowest BCUT2D eigenvalue weighted by Gasteiger charge is -2.11. The van der Waals surface area contributed by atoms with Crippen molar-refractivity contribution in [3.63, 3.8) is 0 Å². The Bertz CT molecular complexity index is 609. The van der Waals surface area contributed by atoms with E-state index in [0.29, 0.717) is 31.1 Å². The molecule has 1 aliphatic heterocycles. The minimum Gasteiger partial charge on any atom is -0.485 e. The standard InChI is InChI=1S/C14H16N2O4/c1-9-4-11(20-16-9)7-17-12-6-14-13(18-8-19-14)5-10(12)2-3-15/h4-6H,2-3,7-8,15H2,1H3. The predicted octanol–water partition coefficient (Wildman–Crippen LogP) is 1.79. The highest BCUT2D eigenvalue weighted by Gasteiger charge is 2.18. The zero-order valence-electron chi connectivity index (χ0n) is 11.2. The molecule has 0 atom stereocenters. The van der Waals surface area contributed by atoms with Crippen molar-refractivity contribution in [3.8, 4) is 17.2 Å². The van der Waals surface area contributed by atoms with E-state index in [1.165, 1.54) is 0 Å². The van der Waals surface area contributed by atoms with Gasteiger partial charge in [0, 0.05) is 12.1 Å². The van der Waals surface area contributed by atoms with Crippen LogP contribution in [-0.2, 0) is 13.0 Å². The van der Waals surface area contributed by atoms with Gasteiger partial charge in [0.05, 0.1) is 5.69 Å². The van der Waals surface area contributed by atoms with Gasteiger partial charge >= 0.3 is 0 Å². The van der Waals surface area contributed by atoms with Gasteiger partial charge < -0.3 is 24.5 Å². The van der Waals surface area contributed by atoms with Crippen LogP contribution in [0.2, 0.25) is 0 Å². The summed E-state index contributed by atoms with van der Waals surface area (Å²) in [5.41, 5.74) is 7.45. The normalized spacial score (nSPS) is 12.7. The zero-order valence-corrected chi connectivity index (χ0v) is 11.2. The smallest absolute Gasteiger partial charge is 0.231 e. The lowest BCUT2D eigenvalue weighted by Crippen LogP contribution is -2.05. The average molecular weight is 276 g/mol. The van der Waals surface area contributed by atoms with E-state index >= 15 is 0 Å². The van der Waals surface area contributed by atoms with Gasteiger partial charge in [0.15, 0.2) is 17.3 Å². The first kappa shape index (κ1) is 12.8. The third-order valence-electron chi connectivity index (χ3n) is 3.02. The molecule has 20 heavy (non-hydrogen) atoms. The zero-order chi connectivity index (χ0) is 13.9. The number of aromatic nitrogens is 1. The van der Waals surface area contributed by atoms with Crippen LogP contribution in [0.3, 0.4) is 0 Å². The first-order chi connectivity index (χ1) is 9.76. The molecule has 0 fully saturated rings. The Balaban J connectivity index is 1.80. The molecule has 0 bridgehead atoms. The number of fused-ring (bicyclic) bond motifs is 1. The van der Waals surface area contributed by atoms with Crippen LogP contribution >= 0.6 is 0 Å². The number of hydrogen-bond acceptors (Lipinski definition) is 6. The van der Waals surface area contributed by atoms with Crippen LogP contribution in [0.1, 0.15) is 17.0 Å². The van der Waals surface area contributed by atoms with Crippen LogP contribution in [0.15, 0.2) is 22.7 Å². The van der Waals surface area contributed by atoms with Gasteiger partial charge in [0.1, 0.15) is 12.4 Å². The van der Waals surface area contributed by atoms with Crippen molar-refractivity contribution in [1.82, 2.24) is 5.16 Å². The van der Waals surface area contributed by atoms with Crippen LogP contribution in [0, 0.1) is 6.92 Å². The maximum absolute atomic E-state index is 5.79. The largest absolute Gasteiger partial charge is 0.485 e. The van der Waals surface area contributed by atoms with E-state index < -0.39 is 0 Å². The van der Waals surface area contributed by atoms with Crippen LogP contribution in [-0.4, -0.2) is 18.5 Å². The lowest BCUT2D eigenvalue weighted by atomic mass is 10.1. The third-order valence-corrected chi connectivity index (χ3v) is 3.02. The fraction of sp³-hybridized carbons (Fsp3) is 0.357. The summed E-state index contributed by atoms with van der Waals surface area (Å²) < 4.78 is 21.6. The van der Waals surface area contributed by atoms with Gasteiger partial charge in [-0.15, -0.1) is 0 Å². The molecule has 2 aromatic rings. The van der Waals surface area contributed by atoms with Crippen LogP contribution < -0.4 is 19.9 Å². The summed E-state index contributed by atoms with van der Waals surface area (Å²) in [5, 5.41) is 3.83. The molecule has 106 valence electrons. The van der Waals surface area contributed by atoms with Gasteiger partial charge in [0.2, 0.25) is 6.79 Å². The Hall–Kier alpha value is -2.21. The highest BCUT2D eigenvalue weighted by atomic mass is 16.7. The minimum absolute atomic E-state index is 0.238. The molecule has 0 saturated heterocycles. The number of nitrogens with two attached hydrogens (primary N) is 1. The predicted molar refractivity (Wildman–Crippen MR) is 70.9 cm³/mol. The maximum atomic E-state index is 5.79. The van der Waals surface area contributed by atoms with E-state index in [0.717, 1.165) is 22.8 Å². The van der Waals surface area contributed by atoms with Crippen LogP contribution in [0.25, 0.3) is 0 Å². The van der Waals surface area contributed by atoms with E-state index in [1.54, 1.807) is 0 Å². The quantitative estimate of drug-likeness (QED) is 0.896. The van der Waals surface area contributed by atoms with E-state index in [9.17, 15) is 0 Å². The fourth-order valence-electron chi connectivity index (χ4n) is 2.08. The highest BCUT2D eigenvalue weighted by molar-refractivity contribution is 5.52. The molecule has 0 spiro atoms. The molecule has 6 nitrogen and oxygen atoms in total. The van der Waals surface area contributed by atoms with Crippen LogP contribution in [0.4, 0.5) is 0 Å². The summed E-state index contributed by atoms with van der Waals surface area (Å²) in [6.07, 6.45) is 0.710. The summed E-state index contributed by atoms with van der Waals surface area (Å²) in [6, 6.07) is 5.59. The Morgan fingerprint density at radius 3 is 2.75 bits per heavy atom. The van der Waals surface area contributed by atoms with E-state index in [4.69, 9.17) is 24.5 Å². The van der Waals surface area contributed by atoms with Crippen molar-refractivity contribution < 1.29 is 18.7 Å². The summed E-state index contributed by atoms with van der Waals surface area (Å²) in [7, 11) is 0. The third kappa shape index (κ3) is 2.55. The van der Waals surface area contributed by atoms with Gasteiger partial charge in [-0.1, -0.05) is 5.16 Å². The summed E-state index contributed by atoms with van der Waals surface area (Å²) in [6.45, 7) is 2.96. The van der Waals surface area contributed by atoms with Crippen molar-refractivity contribution >= 4 is 0 Å². The number of benzene rings is 1. The second-order valence-corrected chi connectivity index (χ2v) is 4.58. The number of nitrogens with zero attached hydrogens (tertiary/aromatic N) is 1. The first-order valence-corrected chi connectivity index (χ1v) is 6.44. The summed E-state index contributed by atoms with van der Waals surface area (Å²) in [4.78, 5) is 0. The molecule has 0 amide bonds. The number of hydrogen-bond donors (Lipinski definition) is 1. The molecule has 2 N–H and O–H groups in total. The molecule has 1 aromatic carbocycles. The van der Waals surface area contributed by atoms with Crippen molar-refractivity contribution in [3.05, 3.63) is 35.2 Å². The second-order valence-electron chi connectivity index (χ2n) is 4.58. The minimum atomic E-state index is 0.238. The molecule has 0 radical (unpaired) electrons. The Kier molecular flexibility index (Phi) is 3.47. The van der Waals surface area contributed by atoms with Crippen molar-refractivity contribution in [2.24, 2.45) is 5.73 Å². The first-order valence-electron chi connectivity index (χ1n) is 6.44. The number of ether oxygens (including phenoxy) is 3. The fourth-order valence-corrected chi connectivity index (χ4v) is 2.08. The Morgan fingerprint density at radius 1 is 1.25 bits per heavy atom. The molecular formula is C14H16N2O4. The van der Waals surface area contributed by atoms with Crippen molar-refractivity contribution in [1.29, 1.82) is 0 Å².